The van der Waals surface area contributed by atoms with Gasteiger partial charge in [-0.05, 0) is 33.7 Å². The molecule has 0 aromatic rings. The third kappa shape index (κ3) is 10.4. The Morgan fingerprint density at radius 2 is 1.94 bits per heavy atom. The molecule has 2 unspecified atom stereocenters. The number of ether oxygens (including phenoxy) is 2. The highest BCUT2D eigenvalue weighted by atomic mass is 16.5. The van der Waals surface area contributed by atoms with Gasteiger partial charge in [-0.25, -0.2) is 0 Å². The van der Waals surface area contributed by atoms with Crippen molar-refractivity contribution in [2.45, 2.75) is 39.3 Å². The third-order valence-electron chi connectivity index (χ3n) is 2.45. The molecule has 16 heavy (non-hydrogen) atoms. The Balaban J connectivity index is 3.20. The summed E-state index contributed by atoms with van der Waals surface area (Å²) in [6.07, 6.45) is 1.36. The average Bonchev–Trinajstić information content (AvgIpc) is 2.30. The number of hydrogen-bond donors (Lipinski definition) is 2. The Kier molecular flexibility index (Phi) is 11.2. The highest BCUT2D eigenvalue weighted by Crippen LogP contribution is 1.87. The van der Waals surface area contributed by atoms with Crippen molar-refractivity contribution in [2.24, 2.45) is 0 Å². The number of rotatable bonds is 11. The zero-order chi connectivity index (χ0) is 12.2. The van der Waals surface area contributed by atoms with Crippen LogP contribution in [-0.4, -0.2) is 52.1 Å². The van der Waals surface area contributed by atoms with Gasteiger partial charge >= 0.3 is 0 Å². The fourth-order valence-electron chi connectivity index (χ4n) is 1.28. The van der Waals surface area contributed by atoms with Crippen molar-refractivity contribution < 1.29 is 9.47 Å². The van der Waals surface area contributed by atoms with Crippen LogP contribution in [0, 0.1) is 0 Å². The SMILES string of the molecule is CCOCCCNCC(C)NCC(C)OC. The lowest BCUT2D eigenvalue weighted by Crippen LogP contribution is -2.40. The summed E-state index contributed by atoms with van der Waals surface area (Å²) in [6.45, 7) is 10.8. The van der Waals surface area contributed by atoms with E-state index in [9.17, 15) is 0 Å². The molecule has 0 aliphatic heterocycles. The highest BCUT2D eigenvalue weighted by Gasteiger charge is 2.03. The molecule has 0 aromatic carbocycles. The van der Waals surface area contributed by atoms with Crippen molar-refractivity contribution in [1.82, 2.24) is 10.6 Å². The van der Waals surface area contributed by atoms with Crippen LogP contribution in [0.4, 0.5) is 0 Å². The zero-order valence-electron chi connectivity index (χ0n) is 11.2. The molecule has 0 rings (SSSR count). The predicted octanol–water partition coefficient (Wildman–Crippen LogP) is 1.02. The van der Waals surface area contributed by atoms with Crippen LogP contribution in [0.15, 0.2) is 0 Å². The van der Waals surface area contributed by atoms with E-state index in [1.165, 1.54) is 0 Å². The molecule has 0 aromatic heterocycles. The van der Waals surface area contributed by atoms with Gasteiger partial charge in [0.2, 0.25) is 0 Å². The van der Waals surface area contributed by atoms with E-state index in [2.05, 4.69) is 24.5 Å². The summed E-state index contributed by atoms with van der Waals surface area (Å²) in [5.74, 6) is 0. The Labute approximate surface area is 100 Å². The first-order valence-electron chi connectivity index (χ1n) is 6.25. The van der Waals surface area contributed by atoms with Gasteiger partial charge in [0.15, 0.2) is 0 Å². The van der Waals surface area contributed by atoms with E-state index in [-0.39, 0.29) is 6.10 Å². The molecule has 0 fully saturated rings. The standard InChI is InChI=1S/C12H28N2O2/c1-5-16-8-6-7-13-9-11(2)14-10-12(3)15-4/h11-14H,5-10H2,1-4H3. The van der Waals surface area contributed by atoms with Gasteiger partial charge in [-0.3, -0.25) is 0 Å². The molecule has 0 bridgehead atoms. The van der Waals surface area contributed by atoms with Crippen LogP contribution in [0.25, 0.3) is 0 Å². The van der Waals surface area contributed by atoms with Crippen molar-refractivity contribution in [2.75, 3.05) is 40.0 Å². The molecule has 2 N–H and O–H groups in total. The minimum absolute atomic E-state index is 0.278. The largest absolute Gasteiger partial charge is 0.382 e. The first-order valence-corrected chi connectivity index (χ1v) is 6.25. The molecule has 0 radical (unpaired) electrons. The monoisotopic (exact) mass is 232 g/mol. The van der Waals surface area contributed by atoms with Crippen LogP contribution in [-0.2, 0) is 9.47 Å². The second-order valence-corrected chi connectivity index (χ2v) is 4.11. The topological polar surface area (TPSA) is 42.5 Å². The molecular weight excluding hydrogens is 204 g/mol. The van der Waals surface area contributed by atoms with Crippen molar-refractivity contribution in [3.63, 3.8) is 0 Å². The number of hydrogen-bond acceptors (Lipinski definition) is 4. The van der Waals surface area contributed by atoms with Crippen molar-refractivity contribution >= 4 is 0 Å². The molecule has 0 saturated carbocycles. The second-order valence-electron chi connectivity index (χ2n) is 4.11. The minimum atomic E-state index is 0.278. The Morgan fingerprint density at radius 3 is 2.56 bits per heavy atom. The molecule has 0 amide bonds. The van der Waals surface area contributed by atoms with E-state index < -0.39 is 0 Å². The predicted molar refractivity (Wildman–Crippen MR) is 67.9 cm³/mol. The Morgan fingerprint density at radius 1 is 1.19 bits per heavy atom. The maximum atomic E-state index is 5.26. The van der Waals surface area contributed by atoms with Crippen LogP contribution in [0.2, 0.25) is 0 Å². The van der Waals surface area contributed by atoms with Crippen LogP contribution in [0.1, 0.15) is 27.2 Å². The first kappa shape index (κ1) is 15.8. The van der Waals surface area contributed by atoms with Crippen LogP contribution in [0.5, 0.6) is 0 Å². The normalized spacial score (nSPS) is 15.0. The lowest BCUT2D eigenvalue weighted by molar-refractivity contribution is 0.114. The van der Waals surface area contributed by atoms with E-state index in [0.717, 1.165) is 39.3 Å². The van der Waals surface area contributed by atoms with Crippen molar-refractivity contribution in [3.05, 3.63) is 0 Å². The first-order chi connectivity index (χ1) is 7.70. The zero-order valence-corrected chi connectivity index (χ0v) is 11.2. The van der Waals surface area contributed by atoms with E-state index in [1.807, 2.05) is 6.92 Å². The summed E-state index contributed by atoms with van der Waals surface area (Å²) >= 11 is 0. The minimum Gasteiger partial charge on any atom is -0.382 e. The van der Waals surface area contributed by atoms with Crippen LogP contribution < -0.4 is 10.6 Å². The lowest BCUT2D eigenvalue weighted by Gasteiger charge is -2.17. The number of nitrogens with one attached hydrogen (secondary N) is 2. The van der Waals surface area contributed by atoms with Gasteiger partial charge in [0.25, 0.3) is 0 Å². The molecule has 98 valence electrons. The van der Waals surface area contributed by atoms with Gasteiger partial charge in [0.1, 0.15) is 0 Å². The summed E-state index contributed by atoms with van der Waals surface area (Å²) in [7, 11) is 1.74. The second kappa shape index (κ2) is 11.3. The molecule has 2 atom stereocenters. The average molecular weight is 232 g/mol. The maximum Gasteiger partial charge on any atom is 0.0667 e. The molecule has 0 spiro atoms. The summed E-state index contributed by atoms with van der Waals surface area (Å²) in [4.78, 5) is 0. The third-order valence-corrected chi connectivity index (χ3v) is 2.45. The quantitative estimate of drug-likeness (QED) is 0.522. The van der Waals surface area contributed by atoms with Gasteiger partial charge in [0, 0.05) is 39.5 Å². The number of methoxy groups -OCH3 is 1. The van der Waals surface area contributed by atoms with Gasteiger partial charge in [-0.2, -0.15) is 0 Å². The van der Waals surface area contributed by atoms with Gasteiger partial charge in [-0.15, -0.1) is 0 Å². The summed E-state index contributed by atoms with van der Waals surface area (Å²) in [5, 5.41) is 6.82. The Bertz CT molecular complexity index is 145. The summed E-state index contributed by atoms with van der Waals surface area (Å²) in [6, 6.07) is 0.477. The molecule has 0 aliphatic carbocycles. The molecule has 4 heteroatoms. The Hall–Kier alpha value is -0.160. The summed E-state index contributed by atoms with van der Waals surface area (Å²) < 4.78 is 10.4. The molecule has 0 saturated heterocycles. The van der Waals surface area contributed by atoms with Crippen LogP contribution >= 0.6 is 0 Å². The molecular formula is C12H28N2O2. The van der Waals surface area contributed by atoms with Gasteiger partial charge in [0.05, 0.1) is 6.10 Å². The summed E-state index contributed by atoms with van der Waals surface area (Å²) in [5.41, 5.74) is 0. The van der Waals surface area contributed by atoms with E-state index in [4.69, 9.17) is 9.47 Å². The highest BCUT2D eigenvalue weighted by molar-refractivity contribution is 4.66. The maximum absolute atomic E-state index is 5.26. The van der Waals surface area contributed by atoms with Crippen molar-refractivity contribution in [1.29, 1.82) is 0 Å². The van der Waals surface area contributed by atoms with Crippen LogP contribution in [0.3, 0.4) is 0 Å². The fourth-order valence-corrected chi connectivity index (χ4v) is 1.28. The molecule has 0 aliphatic rings. The molecule has 0 heterocycles. The van der Waals surface area contributed by atoms with E-state index in [0.29, 0.717) is 6.04 Å². The van der Waals surface area contributed by atoms with E-state index >= 15 is 0 Å². The van der Waals surface area contributed by atoms with Crippen molar-refractivity contribution in [3.8, 4) is 0 Å². The fraction of sp³-hybridized carbons (Fsp3) is 1.00. The van der Waals surface area contributed by atoms with E-state index in [1.54, 1.807) is 7.11 Å². The lowest BCUT2D eigenvalue weighted by atomic mass is 10.3. The molecule has 4 nitrogen and oxygen atoms in total. The smallest absolute Gasteiger partial charge is 0.0667 e. The van der Waals surface area contributed by atoms with Gasteiger partial charge < -0.3 is 20.1 Å². The van der Waals surface area contributed by atoms with Gasteiger partial charge in [-0.1, -0.05) is 0 Å².